The van der Waals surface area contributed by atoms with Gasteiger partial charge in [0.05, 0.1) is 30.8 Å². The van der Waals surface area contributed by atoms with Crippen LogP contribution in [-0.4, -0.2) is 31.6 Å². The van der Waals surface area contributed by atoms with E-state index in [0.29, 0.717) is 34.5 Å². The molecule has 2 aromatic rings. The Kier molecular flexibility index (Phi) is 5.86. The summed E-state index contributed by atoms with van der Waals surface area (Å²) in [4.78, 5) is 26.3. The van der Waals surface area contributed by atoms with Crippen LogP contribution in [0, 0.1) is 0 Å². The van der Waals surface area contributed by atoms with E-state index >= 15 is 0 Å². The van der Waals surface area contributed by atoms with Gasteiger partial charge in [-0.3, -0.25) is 9.59 Å². The molecule has 1 aliphatic rings. The van der Waals surface area contributed by atoms with Crippen molar-refractivity contribution in [2.24, 2.45) is 0 Å². The van der Waals surface area contributed by atoms with E-state index in [9.17, 15) is 9.59 Å². The first-order chi connectivity index (χ1) is 13.0. The van der Waals surface area contributed by atoms with Crippen LogP contribution in [-0.2, 0) is 9.59 Å². The van der Waals surface area contributed by atoms with E-state index in [-0.39, 0.29) is 18.2 Å². The van der Waals surface area contributed by atoms with Gasteiger partial charge in [-0.1, -0.05) is 18.5 Å². The zero-order valence-corrected chi connectivity index (χ0v) is 16.0. The van der Waals surface area contributed by atoms with Gasteiger partial charge in [-0.05, 0) is 48.9 Å². The molecule has 0 aliphatic carbocycles. The maximum Gasteiger partial charge on any atom is 0.256 e. The molecule has 1 saturated heterocycles. The second kappa shape index (κ2) is 8.31. The molecule has 142 valence electrons. The highest BCUT2D eigenvalue weighted by Gasteiger charge is 2.39. The van der Waals surface area contributed by atoms with Crippen molar-refractivity contribution >= 4 is 34.8 Å². The summed E-state index contributed by atoms with van der Waals surface area (Å²) in [5, 5.41) is 3.50. The van der Waals surface area contributed by atoms with Gasteiger partial charge in [0, 0.05) is 5.69 Å². The number of hydrogen-bond acceptors (Lipinski definition) is 5. The van der Waals surface area contributed by atoms with E-state index in [1.54, 1.807) is 42.5 Å². The van der Waals surface area contributed by atoms with Crippen molar-refractivity contribution in [1.29, 1.82) is 0 Å². The number of carbonyl (C=O) groups excluding carboxylic acids is 2. The highest BCUT2D eigenvalue weighted by atomic mass is 35.5. The van der Waals surface area contributed by atoms with Crippen LogP contribution in [0.15, 0.2) is 42.5 Å². The molecule has 1 heterocycles. The molecule has 7 heteroatoms. The van der Waals surface area contributed by atoms with E-state index < -0.39 is 6.04 Å². The summed E-state index contributed by atoms with van der Waals surface area (Å²) in [5.74, 6) is 0.707. The third-order valence-electron chi connectivity index (χ3n) is 4.21. The van der Waals surface area contributed by atoms with Crippen molar-refractivity contribution in [3.05, 3.63) is 47.5 Å². The monoisotopic (exact) mass is 388 g/mol. The fourth-order valence-corrected chi connectivity index (χ4v) is 3.14. The minimum Gasteiger partial charge on any atom is -0.495 e. The number of carbonyl (C=O) groups is 2. The second-order valence-corrected chi connectivity index (χ2v) is 6.57. The molecule has 2 aromatic carbocycles. The molecule has 1 N–H and O–H groups in total. The van der Waals surface area contributed by atoms with Gasteiger partial charge >= 0.3 is 0 Å². The summed E-state index contributed by atoms with van der Waals surface area (Å²) in [6.07, 6.45) is 0.990. The number of amides is 2. The highest BCUT2D eigenvalue weighted by Crippen LogP contribution is 2.30. The lowest BCUT2D eigenvalue weighted by atomic mass is 10.2. The van der Waals surface area contributed by atoms with Crippen LogP contribution in [0.4, 0.5) is 11.4 Å². The molecule has 3 rings (SSSR count). The predicted molar refractivity (Wildman–Crippen MR) is 105 cm³/mol. The predicted octanol–water partition coefficient (Wildman–Crippen LogP) is 3.88. The van der Waals surface area contributed by atoms with Crippen LogP contribution in [0.5, 0.6) is 11.5 Å². The van der Waals surface area contributed by atoms with Crippen LogP contribution in [0.25, 0.3) is 0 Å². The first kappa shape index (κ1) is 19.0. The van der Waals surface area contributed by atoms with Gasteiger partial charge in [-0.15, -0.1) is 0 Å². The molecule has 2 amide bonds. The van der Waals surface area contributed by atoms with Crippen molar-refractivity contribution in [2.75, 3.05) is 23.9 Å². The van der Waals surface area contributed by atoms with Gasteiger partial charge in [-0.25, -0.2) is 4.90 Å². The lowest BCUT2D eigenvalue weighted by Crippen LogP contribution is -2.34. The first-order valence-corrected chi connectivity index (χ1v) is 9.11. The maximum absolute atomic E-state index is 12.7. The lowest BCUT2D eigenvalue weighted by Gasteiger charge is -2.17. The van der Waals surface area contributed by atoms with Gasteiger partial charge in [-0.2, -0.15) is 0 Å². The van der Waals surface area contributed by atoms with Crippen molar-refractivity contribution in [3.8, 4) is 11.5 Å². The van der Waals surface area contributed by atoms with E-state index in [0.717, 1.165) is 6.42 Å². The Morgan fingerprint density at radius 3 is 2.56 bits per heavy atom. The highest BCUT2D eigenvalue weighted by molar-refractivity contribution is 6.32. The van der Waals surface area contributed by atoms with Crippen LogP contribution < -0.4 is 19.7 Å². The number of anilines is 2. The van der Waals surface area contributed by atoms with E-state index in [4.69, 9.17) is 21.1 Å². The van der Waals surface area contributed by atoms with Crippen molar-refractivity contribution in [3.63, 3.8) is 0 Å². The molecular weight excluding hydrogens is 368 g/mol. The Morgan fingerprint density at radius 1 is 1.19 bits per heavy atom. The smallest absolute Gasteiger partial charge is 0.256 e. The molecule has 1 fully saturated rings. The van der Waals surface area contributed by atoms with Crippen LogP contribution in [0.1, 0.15) is 19.8 Å². The topological polar surface area (TPSA) is 67.9 Å². The molecule has 1 atom stereocenters. The molecule has 0 aromatic heterocycles. The Labute approximate surface area is 163 Å². The Morgan fingerprint density at radius 2 is 1.93 bits per heavy atom. The summed E-state index contributed by atoms with van der Waals surface area (Å²) in [7, 11) is 1.53. The molecular formula is C20H21ClN2O4. The fourth-order valence-electron chi connectivity index (χ4n) is 2.88. The minimum atomic E-state index is -0.641. The quantitative estimate of drug-likeness (QED) is 0.729. The molecule has 0 saturated carbocycles. The molecule has 1 unspecified atom stereocenters. The van der Waals surface area contributed by atoms with E-state index in [2.05, 4.69) is 5.32 Å². The summed E-state index contributed by atoms with van der Waals surface area (Å²) < 4.78 is 10.7. The first-order valence-electron chi connectivity index (χ1n) is 8.73. The number of nitrogens with one attached hydrogen (secondary N) is 1. The van der Waals surface area contributed by atoms with Gasteiger partial charge in [0.25, 0.3) is 5.91 Å². The SMILES string of the molecule is CCCOc1ccc(N2C(=O)CC(Nc3ccc(OC)c(Cl)c3)C2=O)cc1. The Balaban J connectivity index is 1.72. The average molecular weight is 389 g/mol. The average Bonchev–Trinajstić information content (AvgIpc) is 2.94. The molecule has 0 radical (unpaired) electrons. The largest absolute Gasteiger partial charge is 0.495 e. The molecule has 0 bridgehead atoms. The lowest BCUT2D eigenvalue weighted by molar-refractivity contribution is -0.121. The van der Waals surface area contributed by atoms with Crippen molar-refractivity contribution in [1.82, 2.24) is 0 Å². The van der Waals surface area contributed by atoms with Crippen molar-refractivity contribution < 1.29 is 19.1 Å². The number of hydrogen-bond donors (Lipinski definition) is 1. The van der Waals surface area contributed by atoms with Crippen molar-refractivity contribution in [2.45, 2.75) is 25.8 Å². The second-order valence-electron chi connectivity index (χ2n) is 6.16. The van der Waals surface area contributed by atoms with Gasteiger partial charge in [0.2, 0.25) is 5.91 Å². The number of ether oxygens (including phenoxy) is 2. The Hall–Kier alpha value is -2.73. The number of benzene rings is 2. The van der Waals surface area contributed by atoms with Gasteiger partial charge in [0.15, 0.2) is 0 Å². The number of halogens is 1. The molecule has 6 nitrogen and oxygen atoms in total. The molecule has 27 heavy (non-hydrogen) atoms. The molecule has 1 aliphatic heterocycles. The zero-order chi connectivity index (χ0) is 19.4. The number of rotatable bonds is 7. The molecule has 0 spiro atoms. The van der Waals surface area contributed by atoms with Gasteiger partial charge in [0.1, 0.15) is 17.5 Å². The standard InChI is InChI=1S/C20H21ClN2O4/c1-3-10-27-15-7-5-14(6-8-15)23-19(24)12-17(20(23)25)22-13-4-9-18(26-2)16(21)11-13/h4-9,11,17,22H,3,10,12H2,1-2H3. The number of nitrogens with zero attached hydrogens (tertiary/aromatic N) is 1. The van der Waals surface area contributed by atoms with E-state index in [1.807, 2.05) is 6.92 Å². The van der Waals surface area contributed by atoms with E-state index in [1.165, 1.54) is 12.0 Å². The summed E-state index contributed by atoms with van der Waals surface area (Å²) in [6, 6.07) is 11.4. The number of imide groups is 1. The van der Waals surface area contributed by atoms with Crippen LogP contribution in [0.2, 0.25) is 5.02 Å². The normalized spacial score (nSPS) is 16.6. The zero-order valence-electron chi connectivity index (χ0n) is 15.2. The fraction of sp³-hybridized carbons (Fsp3) is 0.300. The number of methoxy groups -OCH3 is 1. The third-order valence-corrected chi connectivity index (χ3v) is 4.50. The minimum absolute atomic E-state index is 0.0799. The van der Waals surface area contributed by atoms with Crippen LogP contribution in [0.3, 0.4) is 0 Å². The summed E-state index contributed by atoms with van der Waals surface area (Å²) in [5.41, 5.74) is 1.18. The summed E-state index contributed by atoms with van der Waals surface area (Å²) in [6.45, 7) is 2.65. The van der Waals surface area contributed by atoms with Gasteiger partial charge < -0.3 is 14.8 Å². The Bertz CT molecular complexity index is 838. The summed E-state index contributed by atoms with van der Waals surface area (Å²) >= 11 is 6.12. The maximum atomic E-state index is 12.7. The third kappa shape index (κ3) is 4.17. The van der Waals surface area contributed by atoms with Crippen LogP contribution >= 0.6 is 11.6 Å².